The molecular weight excluding hydrogens is 476 g/mol. The number of aryl methyl sites for hydroxylation is 1. The standard InChI is InChI=1S/C31H28N4OS/c1-20-25-26-24(31(2,3)36-29(25)34(32-20)22-15-9-5-10-16-22)19-37-30-27(26)28(21-13-7-4-8-14-21)33-35(30)23-17-11-6-12-18-23/h4-18,24,26H,19H2,1-3H3/t24-,26+/m1/s1. The highest BCUT2D eigenvalue weighted by Crippen LogP contribution is 2.57. The molecule has 0 saturated heterocycles. The quantitative estimate of drug-likeness (QED) is 0.264. The van der Waals surface area contributed by atoms with Crippen molar-refractivity contribution in [3.05, 3.63) is 108 Å². The number of thioether (sulfide) groups is 1. The van der Waals surface area contributed by atoms with E-state index in [9.17, 15) is 0 Å². The monoisotopic (exact) mass is 504 g/mol. The smallest absolute Gasteiger partial charge is 0.221 e. The van der Waals surface area contributed by atoms with E-state index in [0.717, 1.165) is 40.0 Å². The fraction of sp³-hybridized carbons (Fsp3) is 0.226. The van der Waals surface area contributed by atoms with Gasteiger partial charge in [-0.3, -0.25) is 0 Å². The van der Waals surface area contributed by atoms with E-state index in [-0.39, 0.29) is 17.4 Å². The lowest BCUT2D eigenvalue weighted by Gasteiger charge is -2.46. The Labute approximate surface area is 221 Å². The summed E-state index contributed by atoms with van der Waals surface area (Å²) in [5, 5.41) is 11.5. The van der Waals surface area contributed by atoms with Crippen LogP contribution in [0.15, 0.2) is 96.0 Å². The Hall–Kier alpha value is -3.77. The van der Waals surface area contributed by atoms with Crippen LogP contribution in [-0.2, 0) is 0 Å². The third-order valence-corrected chi connectivity index (χ3v) is 8.86. The van der Waals surface area contributed by atoms with Crippen molar-refractivity contribution < 1.29 is 4.74 Å². The van der Waals surface area contributed by atoms with Crippen LogP contribution in [-0.4, -0.2) is 30.9 Å². The van der Waals surface area contributed by atoms with Gasteiger partial charge in [0.05, 0.1) is 22.8 Å². The highest BCUT2D eigenvalue weighted by Gasteiger charge is 2.51. The van der Waals surface area contributed by atoms with Crippen LogP contribution in [0.1, 0.15) is 36.6 Å². The van der Waals surface area contributed by atoms with Crippen LogP contribution < -0.4 is 4.74 Å². The van der Waals surface area contributed by atoms with Gasteiger partial charge in [0.1, 0.15) is 10.6 Å². The maximum absolute atomic E-state index is 6.81. The van der Waals surface area contributed by atoms with Crippen LogP contribution in [0.2, 0.25) is 0 Å². The number of hydrogen-bond donors (Lipinski definition) is 0. The van der Waals surface area contributed by atoms with E-state index in [2.05, 4.69) is 98.2 Å². The van der Waals surface area contributed by atoms with Gasteiger partial charge in [0.2, 0.25) is 5.88 Å². The van der Waals surface area contributed by atoms with E-state index in [1.807, 2.05) is 34.6 Å². The Morgan fingerprint density at radius 1 is 0.784 bits per heavy atom. The van der Waals surface area contributed by atoms with E-state index in [1.54, 1.807) is 0 Å². The molecule has 2 atom stereocenters. The predicted octanol–water partition coefficient (Wildman–Crippen LogP) is 7.06. The van der Waals surface area contributed by atoms with E-state index in [1.165, 1.54) is 16.2 Å². The molecule has 0 aliphatic carbocycles. The fourth-order valence-electron chi connectivity index (χ4n) is 5.84. The molecule has 4 heterocycles. The Morgan fingerprint density at radius 2 is 1.38 bits per heavy atom. The number of para-hydroxylation sites is 2. The van der Waals surface area contributed by atoms with Crippen LogP contribution in [0.4, 0.5) is 0 Å². The first-order valence-electron chi connectivity index (χ1n) is 12.7. The maximum Gasteiger partial charge on any atom is 0.221 e. The van der Waals surface area contributed by atoms with Crippen molar-refractivity contribution in [1.29, 1.82) is 0 Å². The largest absolute Gasteiger partial charge is 0.471 e. The Kier molecular flexibility index (Phi) is 5.08. The number of rotatable bonds is 3. The first kappa shape index (κ1) is 22.4. The van der Waals surface area contributed by atoms with Crippen molar-refractivity contribution in [2.75, 3.05) is 5.75 Å². The zero-order chi connectivity index (χ0) is 25.1. The molecule has 37 heavy (non-hydrogen) atoms. The van der Waals surface area contributed by atoms with Crippen LogP contribution in [0, 0.1) is 12.8 Å². The second-order valence-electron chi connectivity index (χ2n) is 10.3. The van der Waals surface area contributed by atoms with Crippen molar-refractivity contribution in [1.82, 2.24) is 19.6 Å². The van der Waals surface area contributed by atoms with Crippen LogP contribution in [0.5, 0.6) is 5.88 Å². The van der Waals surface area contributed by atoms with Crippen LogP contribution in [0.25, 0.3) is 22.6 Å². The Balaban J connectivity index is 1.52. The number of aromatic nitrogens is 4. The molecule has 184 valence electrons. The summed E-state index contributed by atoms with van der Waals surface area (Å²) in [5.41, 5.74) is 7.36. The molecule has 0 spiro atoms. The molecular formula is C31H28N4OS. The molecule has 0 fully saturated rings. The summed E-state index contributed by atoms with van der Waals surface area (Å²) in [6.45, 7) is 6.56. The summed E-state index contributed by atoms with van der Waals surface area (Å²) < 4.78 is 10.9. The molecule has 5 aromatic rings. The van der Waals surface area contributed by atoms with Gasteiger partial charge in [0.15, 0.2) is 0 Å². The summed E-state index contributed by atoms with van der Waals surface area (Å²) in [6, 6.07) is 31.3. The van der Waals surface area contributed by atoms with Crippen molar-refractivity contribution in [3.63, 3.8) is 0 Å². The van der Waals surface area contributed by atoms with Crippen molar-refractivity contribution in [2.45, 2.75) is 37.3 Å². The zero-order valence-electron chi connectivity index (χ0n) is 21.1. The van der Waals surface area contributed by atoms with Gasteiger partial charge in [0, 0.05) is 34.3 Å². The third kappa shape index (κ3) is 3.46. The molecule has 0 bridgehead atoms. The number of hydrogen-bond acceptors (Lipinski definition) is 4. The number of fused-ring (bicyclic) bond motifs is 5. The molecule has 6 heteroatoms. The number of ether oxygens (including phenoxy) is 1. The summed E-state index contributed by atoms with van der Waals surface area (Å²) in [4.78, 5) is 0. The van der Waals surface area contributed by atoms with Gasteiger partial charge < -0.3 is 4.74 Å². The molecule has 2 aliphatic rings. The number of nitrogens with zero attached hydrogens (tertiary/aromatic N) is 4. The van der Waals surface area contributed by atoms with E-state index in [0.29, 0.717) is 0 Å². The molecule has 3 aromatic carbocycles. The van der Waals surface area contributed by atoms with Gasteiger partial charge in [-0.15, -0.1) is 11.8 Å². The topological polar surface area (TPSA) is 44.9 Å². The normalized spacial score (nSPS) is 19.4. The molecule has 0 amide bonds. The van der Waals surface area contributed by atoms with Gasteiger partial charge in [0.25, 0.3) is 0 Å². The third-order valence-electron chi connectivity index (χ3n) is 7.67. The molecule has 5 nitrogen and oxygen atoms in total. The molecule has 7 rings (SSSR count). The molecule has 2 aliphatic heterocycles. The average molecular weight is 505 g/mol. The summed E-state index contributed by atoms with van der Waals surface area (Å²) in [7, 11) is 0. The first-order chi connectivity index (χ1) is 18.0. The highest BCUT2D eigenvalue weighted by molar-refractivity contribution is 7.99. The Bertz CT molecular complexity index is 1590. The van der Waals surface area contributed by atoms with E-state index < -0.39 is 0 Å². The minimum Gasteiger partial charge on any atom is -0.471 e. The average Bonchev–Trinajstić information content (AvgIpc) is 3.48. The van der Waals surface area contributed by atoms with Gasteiger partial charge >= 0.3 is 0 Å². The summed E-state index contributed by atoms with van der Waals surface area (Å²) in [5.74, 6) is 2.20. The molecule has 2 aromatic heterocycles. The van der Waals surface area contributed by atoms with Gasteiger partial charge in [-0.05, 0) is 45.0 Å². The molecule has 0 saturated carbocycles. The fourth-order valence-corrected chi connectivity index (χ4v) is 7.42. The maximum atomic E-state index is 6.81. The predicted molar refractivity (Wildman–Crippen MR) is 148 cm³/mol. The lowest BCUT2D eigenvalue weighted by atomic mass is 9.71. The van der Waals surface area contributed by atoms with Crippen molar-refractivity contribution >= 4 is 11.8 Å². The van der Waals surface area contributed by atoms with Gasteiger partial charge in [-0.2, -0.15) is 10.2 Å². The molecule has 0 unspecified atom stereocenters. The first-order valence-corrected chi connectivity index (χ1v) is 13.7. The molecule has 0 N–H and O–H groups in total. The van der Waals surface area contributed by atoms with Gasteiger partial charge in [-0.1, -0.05) is 66.7 Å². The SMILES string of the molecule is Cc1nn(-c2ccccc2)c2c1[C@H]1c3c(-c4ccccc4)nn(-c4ccccc4)c3SC[C@H]1C(C)(C)O2. The summed E-state index contributed by atoms with van der Waals surface area (Å²) >= 11 is 1.89. The second-order valence-corrected chi connectivity index (χ2v) is 11.3. The summed E-state index contributed by atoms with van der Waals surface area (Å²) in [6.07, 6.45) is 0. The lowest BCUT2D eigenvalue weighted by molar-refractivity contribution is 0.0200. The van der Waals surface area contributed by atoms with E-state index >= 15 is 0 Å². The number of benzene rings is 3. The van der Waals surface area contributed by atoms with Crippen LogP contribution >= 0.6 is 11.8 Å². The lowest BCUT2D eigenvalue weighted by Crippen LogP contribution is -2.47. The minimum atomic E-state index is -0.371. The van der Waals surface area contributed by atoms with Crippen molar-refractivity contribution in [2.24, 2.45) is 5.92 Å². The van der Waals surface area contributed by atoms with Gasteiger partial charge in [-0.25, -0.2) is 9.36 Å². The highest BCUT2D eigenvalue weighted by atomic mass is 32.2. The zero-order valence-corrected chi connectivity index (χ0v) is 21.9. The second kappa shape index (κ2) is 8.38. The molecule has 0 radical (unpaired) electrons. The Morgan fingerprint density at radius 3 is 2.03 bits per heavy atom. The van der Waals surface area contributed by atoms with Crippen LogP contribution in [0.3, 0.4) is 0 Å². The van der Waals surface area contributed by atoms with E-state index in [4.69, 9.17) is 14.9 Å². The minimum absolute atomic E-state index is 0.125. The van der Waals surface area contributed by atoms with Crippen molar-refractivity contribution in [3.8, 4) is 28.5 Å².